The summed E-state index contributed by atoms with van der Waals surface area (Å²) < 4.78 is 11.0. The summed E-state index contributed by atoms with van der Waals surface area (Å²) in [6.07, 6.45) is 4.00. The third-order valence-corrected chi connectivity index (χ3v) is 5.07. The summed E-state index contributed by atoms with van der Waals surface area (Å²) in [4.78, 5) is 24.1. The molecule has 0 saturated heterocycles. The quantitative estimate of drug-likeness (QED) is 0.322. The van der Waals surface area contributed by atoms with Crippen molar-refractivity contribution in [2.24, 2.45) is 0 Å². The molecule has 2 aromatic carbocycles. The fourth-order valence-corrected chi connectivity index (χ4v) is 3.32. The van der Waals surface area contributed by atoms with E-state index in [2.05, 4.69) is 39.1 Å². The van der Waals surface area contributed by atoms with Crippen LogP contribution in [-0.2, 0) is 9.53 Å². The average Bonchev–Trinajstić information content (AvgIpc) is 2.74. The Hall–Kier alpha value is -2.82. The normalized spacial score (nSPS) is 10.7. The Morgan fingerprint density at radius 1 is 0.968 bits per heavy atom. The number of nitrogens with one attached hydrogen (secondary N) is 1. The van der Waals surface area contributed by atoms with Crippen LogP contribution >= 0.6 is 0 Å². The summed E-state index contributed by atoms with van der Waals surface area (Å²) in [7, 11) is 0. The first-order valence-electron chi connectivity index (χ1n) is 11.2. The van der Waals surface area contributed by atoms with Gasteiger partial charge in [-0.3, -0.25) is 4.79 Å². The van der Waals surface area contributed by atoms with Gasteiger partial charge in [-0.1, -0.05) is 39.7 Å². The van der Waals surface area contributed by atoms with Crippen LogP contribution in [0.3, 0.4) is 0 Å². The van der Waals surface area contributed by atoms with Crippen LogP contribution in [-0.4, -0.2) is 25.1 Å². The van der Waals surface area contributed by atoms with Crippen LogP contribution in [0.25, 0.3) is 0 Å². The monoisotopic (exact) mass is 425 g/mol. The van der Waals surface area contributed by atoms with Crippen molar-refractivity contribution in [1.82, 2.24) is 0 Å². The fourth-order valence-electron chi connectivity index (χ4n) is 3.32. The van der Waals surface area contributed by atoms with E-state index in [4.69, 9.17) is 9.47 Å². The molecule has 1 amide bonds. The lowest BCUT2D eigenvalue weighted by atomic mass is 9.98. The maximum atomic E-state index is 12.2. The van der Waals surface area contributed by atoms with Crippen molar-refractivity contribution >= 4 is 17.6 Å². The van der Waals surface area contributed by atoms with Crippen LogP contribution < -0.4 is 10.1 Å². The SMILES string of the molecule is CCCCCOC(=O)c1ccc(NC(=O)CCCOc2ccc(C(C)C)c(C)c2)cc1. The zero-order chi connectivity index (χ0) is 22.6. The number of carbonyl (C=O) groups excluding carboxylic acids is 2. The van der Waals surface area contributed by atoms with Crippen LogP contribution in [0.4, 0.5) is 5.69 Å². The number of benzene rings is 2. The standard InChI is InChI=1S/C26H35NO4/c1-5-6-7-16-31-26(29)21-10-12-22(13-11-21)27-25(28)9-8-17-30-23-14-15-24(19(2)3)20(4)18-23/h10-15,18-19H,5-9,16-17H2,1-4H3,(H,27,28). The first-order chi connectivity index (χ1) is 14.9. The summed E-state index contributed by atoms with van der Waals surface area (Å²) in [5.74, 6) is 0.912. The Morgan fingerprint density at radius 3 is 2.35 bits per heavy atom. The summed E-state index contributed by atoms with van der Waals surface area (Å²) in [5.41, 5.74) is 3.69. The topological polar surface area (TPSA) is 64.6 Å². The molecule has 0 heterocycles. The molecule has 168 valence electrons. The van der Waals surface area contributed by atoms with Crippen molar-refractivity contribution in [3.8, 4) is 5.75 Å². The lowest BCUT2D eigenvalue weighted by molar-refractivity contribution is -0.116. The number of amides is 1. The molecular formula is C26H35NO4. The molecule has 0 bridgehead atoms. The number of rotatable bonds is 12. The number of ether oxygens (including phenoxy) is 2. The number of esters is 1. The van der Waals surface area contributed by atoms with E-state index in [1.807, 2.05) is 12.1 Å². The van der Waals surface area contributed by atoms with Gasteiger partial charge in [0.1, 0.15) is 5.75 Å². The molecule has 0 spiro atoms. The van der Waals surface area contributed by atoms with Gasteiger partial charge in [0, 0.05) is 12.1 Å². The van der Waals surface area contributed by atoms with Gasteiger partial charge in [-0.15, -0.1) is 0 Å². The van der Waals surface area contributed by atoms with Gasteiger partial charge in [-0.2, -0.15) is 0 Å². The van der Waals surface area contributed by atoms with Crippen molar-refractivity contribution in [2.45, 2.75) is 65.7 Å². The fraction of sp³-hybridized carbons (Fsp3) is 0.462. The van der Waals surface area contributed by atoms with Gasteiger partial charge < -0.3 is 14.8 Å². The van der Waals surface area contributed by atoms with E-state index < -0.39 is 0 Å². The Labute approximate surface area is 186 Å². The third kappa shape index (κ3) is 8.44. The molecule has 0 aliphatic rings. The van der Waals surface area contributed by atoms with E-state index in [1.54, 1.807) is 24.3 Å². The van der Waals surface area contributed by atoms with Gasteiger partial charge in [0.15, 0.2) is 0 Å². The number of hydrogen-bond donors (Lipinski definition) is 1. The van der Waals surface area contributed by atoms with E-state index in [9.17, 15) is 9.59 Å². The molecule has 31 heavy (non-hydrogen) atoms. The maximum Gasteiger partial charge on any atom is 0.338 e. The van der Waals surface area contributed by atoms with E-state index in [1.165, 1.54) is 11.1 Å². The second kappa shape index (κ2) is 12.8. The van der Waals surface area contributed by atoms with Gasteiger partial charge >= 0.3 is 5.97 Å². The van der Waals surface area contributed by atoms with Crippen LogP contribution in [0.5, 0.6) is 5.75 Å². The Balaban J connectivity index is 1.70. The smallest absolute Gasteiger partial charge is 0.338 e. The molecule has 5 nitrogen and oxygen atoms in total. The maximum absolute atomic E-state index is 12.2. The zero-order valence-electron chi connectivity index (χ0n) is 19.2. The summed E-state index contributed by atoms with van der Waals surface area (Å²) in [6.45, 7) is 9.47. The van der Waals surface area contributed by atoms with Crippen molar-refractivity contribution in [2.75, 3.05) is 18.5 Å². The lowest BCUT2D eigenvalue weighted by Crippen LogP contribution is -2.13. The zero-order valence-corrected chi connectivity index (χ0v) is 19.2. The Bertz CT molecular complexity index is 843. The Kier molecular flexibility index (Phi) is 10.1. The summed E-state index contributed by atoms with van der Waals surface area (Å²) in [5, 5.41) is 2.85. The van der Waals surface area contributed by atoms with Crippen LogP contribution in [0.2, 0.25) is 0 Å². The highest BCUT2D eigenvalue weighted by Crippen LogP contribution is 2.23. The molecule has 1 N–H and O–H groups in total. The van der Waals surface area contributed by atoms with Gasteiger partial charge in [0.25, 0.3) is 0 Å². The van der Waals surface area contributed by atoms with E-state index in [0.717, 1.165) is 25.0 Å². The second-order valence-corrected chi connectivity index (χ2v) is 8.09. The van der Waals surface area contributed by atoms with Gasteiger partial charge in [0.05, 0.1) is 18.8 Å². The van der Waals surface area contributed by atoms with Crippen LogP contribution in [0.15, 0.2) is 42.5 Å². The number of carbonyl (C=O) groups is 2. The predicted molar refractivity (Wildman–Crippen MR) is 125 cm³/mol. The second-order valence-electron chi connectivity index (χ2n) is 8.09. The van der Waals surface area contributed by atoms with E-state index in [0.29, 0.717) is 43.2 Å². The first kappa shape index (κ1) is 24.4. The van der Waals surface area contributed by atoms with Crippen molar-refractivity contribution in [3.63, 3.8) is 0 Å². The number of aryl methyl sites for hydroxylation is 1. The van der Waals surface area contributed by atoms with Crippen LogP contribution in [0, 0.1) is 6.92 Å². The molecule has 0 radical (unpaired) electrons. The third-order valence-electron chi connectivity index (χ3n) is 5.07. The Morgan fingerprint density at radius 2 is 1.71 bits per heavy atom. The lowest BCUT2D eigenvalue weighted by Gasteiger charge is -2.12. The first-order valence-corrected chi connectivity index (χ1v) is 11.2. The minimum absolute atomic E-state index is 0.0789. The van der Waals surface area contributed by atoms with Gasteiger partial charge in [-0.25, -0.2) is 4.79 Å². The van der Waals surface area contributed by atoms with Gasteiger partial charge in [-0.05, 0) is 73.2 Å². The molecule has 2 aromatic rings. The minimum Gasteiger partial charge on any atom is -0.494 e. The molecule has 0 saturated carbocycles. The molecule has 0 aliphatic carbocycles. The molecule has 0 atom stereocenters. The van der Waals surface area contributed by atoms with E-state index in [-0.39, 0.29) is 11.9 Å². The number of anilines is 1. The molecular weight excluding hydrogens is 390 g/mol. The van der Waals surface area contributed by atoms with Crippen molar-refractivity contribution < 1.29 is 19.1 Å². The highest BCUT2D eigenvalue weighted by atomic mass is 16.5. The van der Waals surface area contributed by atoms with Crippen molar-refractivity contribution in [1.29, 1.82) is 0 Å². The summed E-state index contributed by atoms with van der Waals surface area (Å²) >= 11 is 0. The highest BCUT2D eigenvalue weighted by Gasteiger charge is 2.09. The molecule has 0 unspecified atom stereocenters. The highest BCUT2D eigenvalue weighted by molar-refractivity contribution is 5.93. The predicted octanol–water partition coefficient (Wildman–Crippen LogP) is 6.26. The molecule has 0 fully saturated rings. The number of hydrogen-bond acceptors (Lipinski definition) is 4. The summed E-state index contributed by atoms with van der Waals surface area (Å²) in [6, 6.07) is 12.9. The number of unbranched alkanes of at least 4 members (excludes halogenated alkanes) is 2. The van der Waals surface area contributed by atoms with Crippen molar-refractivity contribution in [3.05, 3.63) is 59.2 Å². The molecule has 0 aliphatic heterocycles. The molecule has 2 rings (SSSR count). The minimum atomic E-state index is -0.331. The van der Waals surface area contributed by atoms with Gasteiger partial charge in [0.2, 0.25) is 5.91 Å². The average molecular weight is 426 g/mol. The van der Waals surface area contributed by atoms with Crippen LogP contribution in [0.1, 0.15) is 80.3 Å². The molecule has 5 heteroatoms. The molecule has 0 aromatic heterocycles. The van der Waals surface area contributed by atoms with E-state index >= 15 is 0 Å². The largest absolute Gasteiger partial charge is 0.494 e.